The Hall–Kier alpha value is -0.300. The normalized spacial score (nSPS) is 24.1. The number of hydrogen-bond donors (Lipinski definition) is 1. The molecule has 1 aliphatic carbocycles. The van der Waals surface area contributed by atoms with E-state index in [0.717, 1.165) is 12.8 Å². The molecule has 58 valence electrons. The van der Waals surface area contributed by atoms with Gasteiger partial charge in [-0.05, 0) is 30.3 Å². The van der Waals surface area contributed by atoms with Crippen LogP contribution in [0.1, 0.15) is 33.1 Å². The molecule has 0 aliphatic heterocycles. The van der Waals surface area contributed by atoms with E-state index in [1.54, 1.807) is 0 Å². The molecule has 1 rings (SSSR count). The van der Waals surface area contributed by atoms with Crippen molar-refractivity contribution >= 4 is 0 Å². The van der Waals surface area contributed by atoms with Crippen LogP contribution in [0, 0.1) is 5.41 Å². The fraction of sp³-hybridized carbons (Fsp3) is 0.778. The summed E-state index contributed by atoms with van der Waals surface area (Å²) in [6.45, 7) is 4.81. The quantitative estimate of drug-likeness (QED) is 0.553. The number of rotatable bonds is 1. The van der Waals surface area contributed by atoms with Gasteiger partial charge in [-0.2, -0.15) is 0 Å². The lowest BCUT2D eigenvalue weighted by molar-refractivity contribution is 0.285. The molecule has 0 saturated carbocycles. The van der Waals surface area contributed by atoms with Crippen LogP contribution in [0.3, 0.4) is 0 Å². The van der Waals surface area contributed by atoms with E-state index in [1.807, 2.05) is 0 Å². The minimum absolute atomic E-state index is 0.260. The van der Waals surface area contributed by atoms with Crippen molar-refractivity contribution in [2.75, 3.05) is 6.61 Å². The molecule has 0 aromatic carbocycles. The molecule has 10 heavy (non-hydrogen) atoms. The maximum absolute atomic E-state index is 8.79. The van der Waals surface area contributed by atoms with Crippen molar-refractivity contribution in [2.45, 2.75) is 33.1 Å². The van der Waals surface area contributed by atoms with E-state index in [1.165, 1.54) is 12.0 Å². The molecule has 0 unspecified atom stereocenters. The monoisotopic (exact) mass is 140 g/mol. The van der Waals surface area contributed by atoms with E-state index in [9.17, 15) is 0 Å². The second kappa shape index (κ2) is 2.75. The average Bonchev–Trinajstić information content (AvgIpc) is 1.88. The third kappa shape index (κ3) is 1.84. The zero-order chi connectivity index (χ0) is 7.61. The molecule has 0 atom stereocenters. The van der Waals surface area contributed by atoms with E-state index >= 15 is 0 Å². The molecule has 1 aliphatic rings. The molecule has 1 N–H and O–H groups in total. The molecule has 1 nitrogen and oxygen atoms in total. The lowest BCUT2D eigenvalue weighted by Crippen LogP contribution is -2.15. The maximum Gasteiger partial charge on any atom is 0.0641 e. The average molecular weight is 140 g/mol. The van der Waals surface area contributed by atoms with Crippen LogP contribution in [0.15, 0.2) is 11.6 Å². The summed E-state index contributed by atoms with van der Waals surface area (Å²) in [5.41, 5.74) is 1.69. The Morgan fingerprint density at radius 1 is 1.60 bits per heavy atom. The van der Waals surface area contributed by atoms with Crippen molar-refractivity contribution in [3.8, 4) is 0 Å². The van der Waals surface area contributed by atoms with E-state index in [2.05, 4.69) is 19.9 Å². The summed E-state index contributed by atoms with van der Waals surface area (Å²) in [7, 11) is 0. The number of aliphatic hydroxyl groups excluding tert-OH is 1. The highest BCUT2D eigenvalue weighted by Crippen LogP contribution is 2.33. The van der Waals surface area contributed by atoms with Gasteiger partial charge in [0.1, 0.15) is 0 Å². The van der Waals surface area contributed by atoms with Crippen molar-refractivity contribution in [1.82, 2.24) is 0 Å². The van der Waals surface area contributed by atoms with Crippen LogP contribution in [-0.2, 0) is 0 Å². The Balaban J connectivity index is 2.52. The molecule has 1 heteroatoms. The third-order valence-corrected chi connectivity index (χ3v) is 2.27. The number of hydrogen-bond acceptors (Lipinski definition) is 1. The largest absolute Gasteiger partial charge is 0.392 e. The van der Waals surface area contributed by atoms with Crippen LogP contribution in [0.25, 0.3) is 0 Å². The summed E-state index contributed by atoms with van der Waals surface area (Å²) in [6, 6.07) is 0. The van der Waals surface area contributed by atoms with Gasteiger partial charge in [0.2, 0.25) is 0 Å². The summed E-state index contributed by atoms with van der Waals surface area (Å²) < 4.78 is 0. The summed E-state index contributed by atoms with van der Waals surface area (Å²) >= 11 is 0. The first-order valence-corrected chi connectivity index (χ1v) is 3.93. The van der Waals surface area contributed by atoms with Crippen LogP contribution in [-0.4, -0.2) is 11.7 Å². The fourth-order valence-corrected chi connectivity index (χ4v) is 1.27. The van der Waals surface area contributed by atoms with Gasteiger partial charge in [0.05, 0.1) is 6.61 Å². The lowest BCUT2D eigenvalue weighted by atomic mass is 9.78. The van der Waals surface area contributed by atoms with Crippen molar-refractivity contribution in [3.05, 3.63) is 11.6 Å². The van der Waals surface area contributed by atoms with Crippen LogP contribution < -0.4 is 0 Å². The predicted octanol–water partition coefficient (Wildman–Crippen LogP) is 2.12. The van der Waals surface area contributed by atoms with Gasteiger partial charge in [-0.3, -0.25) is 0 Å². The number of aliphatic hydroxyl groups is 1. The molecule has 0 bridgehead atoms. The minimum Gasteiger partial charge on any atom is -0.392 e. The second-order valence-corrected chi connectivity index (χ2v) is 3.89. The SMILES string of the molecule is CC1(C)CC=C(CO)CC1. The third-order valence-electron chi connectivity index (χ3n) is 2.27. The molecule has 0 aromatic heterocycles. The minimum atomic E-state index is 0.260. The van der Waals surface area contributed by atoms with E-state index in [-0.39, 0.29) is 6.61 Å². The summed E-state index contributed by atoms with van der Waals surface area (Å²) in [4.78, 5) is 0. The molecule has 0 fully saturated rings. The molecule has 0 radical (unpaired) electrons. The van der Waals surface area contributed by atoms with Crippen molar-refractivity contribution in [1.29, 1.82) is 0 Å². The van der Waals surface area contributed by atoms with Crippen LogP contribution in [0.2, 0.25) is 0 Å². The molecule has 0 saturated heterocycles. The Labute approximate surface area is 62.8 Å². The van der Waals surface area contributed by atoms with Crippen LogP contribution in [0.4, 0.5) is 0 Å². The summed E-state index contributed by atoms with van der Waals surface area (Å²) in [5, 5.41) is 8.79. The maximum atomic E-state index is 8.79. The summed E-state index contributed by atoms with van der Waals surface area (Å²) in [5.74, 6) is 0. The van der Waals surface area contributed by atoms with E-state index in [0.29, 0.717) is 5.41 Å². The standard InChI is InChI=1S/C9H16O/c1-9(2)5-3-8(7-10)4-6-9/h3,10H,4-7H2,1-2H3. The molecule has 0 spiro atoms. The molecule has 0 amide bonds. The predicted molar refractivity (Wildman–Crippen MR) is 42.8 cm³/mol. The highest BCUT2D eigenvalue weighted by Gasteiger charge is 2.20. The highest BCUT2D eigenvalue weighted by molar-refractivity contribution is 5.08. The smallest absolute Gasteiger partial charge is 0.0641 e. The Morgan fingerprint density at radius 3 is 2.70 bits per heavy atom. The first kappa shape index (κ1) is 7.80. The van der Waals surface area contributed by atoms with Gasteiger partial charge in [0.25, 0.3) is 0 Å². The highest BCUT2D eigenvalue weighted by atomic mass is 16.3. The Morgan fingerprint density at radius 2 is 2.30 bits per heavy atom. The van der Waals surface area contributed by atoms with Gasteiger partial charge in [-0.1, -0.05) is 19.9 Å². The van der Waals surface area contributed by atoms with Gasteiger partial charge < -0.3 is 5.11 Å². The lowest BCUT2D eigenvalue weighted by Gasteiger charge is -2.27. The first-order chi connectivity index (χ1) is 4.64. The topological polar surface area (TPSA) is 20.2 Å². The Kier molecular flexibility index (Phi) is 2.14. The molecular formula is C9H16O. The van der Waals surface area contributed by atoms with Crippen LogP contribution in [0.5, 0.6) is 0 Å². The summed E-state index contributed by atoms with van der Waals surface area (Å²) in [6.07, 6.45) is 5.62. The van der Waals surface area contributed by atoms with Crippen molar-refractivity contribution < 1.29 is 5.11 Å². The number of allylic oxidation sites excluding steroid dienone is 1. The Bertz CT molecular complexity index is 145. The molecule has 0 aromatic rings. The van der Waals surface area contributed by atoms with Crippen molar-refractivity contribution in [2.24, 2.45) is 5.41 Å². The second-order valence-electron chi connectivity index (χ2n) is 3.89. The zero-order valence-electron chi connectivity index (χ0n) is 6.85. The first-order valence-electron chi connectivity index (χ1n) is 3.93. The zero-order valence-corrected chi connectivity index (χ0v) is 6.85. The van der Waals surface area contributed by atoms with Crippen LogP contribution >= 0.6 is 0 Å². The fourth-order valence-electron chi connectivity index (χ4n) is 1.27. The van der Waals surface area contributed by atoms with Gasteiger partial charge in [0, 0.05) is 0 Å². The van der Waals surface area contributed by atoms with E-state index < -0.39 is 0 Å². The molecular weight excluding hydrogens is 124 g/mol. The molecule has 0 heterocycles. The van der Waals surface area contributed by atoms with Gasteiger partial charge >= 0.3 is 0 Å². The van der Waals surface area contributed by atoms with Crippen molar-refractivity contribution in [3.63, 3.8) is 0 Å². The van der Waals surface area contributed by atoms with E-state index in [4.69, 9.17) is 5.11 Å². The van der Waals surface area contributed by atoms with Gasteiger partial charge in [-0.15, -0.1) is 0 Å². The van der Waals surface area contributed by atoms with Gasteiger partial charge in [-0.25, -0.2) is 0 Å². The van der Waals surface area contributed by atoms with Gasteiger partial charge in [0.15, 0.2) is 0 Å².